The van der Waals surface area contributed by atoms with Crippen molar-refractivity contribution in [3.8, 4) is 17.2 Å². The van der Waals surface area contributed by atoms with E-state index in [1.807, 2.05) is 6.92 Å². The van der Waals surface area contributed by atoms with Crippen LogP contribution in [0.15, 0.2) is 39.7 Å². The second kappa shape index (κ2) is 10.6. The number of halogens is 4. The molecule has 1 heterocycles. The van der Waals surface area contributed by atoms with Gasteiger partial charge < -0.3 is 14.2 Å². The number of alkyl halides is 3. The summed E-state index contributed by atoms with van der Waals surface area (Å²) in [4.78, 5) is 1.96. The largest absolute Gasteiger partial charge is 0.493 e. The van der Waals surface area contributed by atoms with Gasteiger partial charge in [-0.3, -0.25) is 9.62 Å². The van der Waals surface area contributed by atoms with Crippen LogP contribution < -0.4 is 18.9 Å². The first-order valence-corrected chi connectivity index (χ1v) is 12.8. The Morgan fingerprint density at radius 2 is 1.79 bits per heavy atom. The lowest BCUT2D eigenvalue weighted by atomic mass is 10.1. The average molecular weight is 567 g/mol. The third-order valence-corrected chi connectivity index (χ3v) is 7.67. The van der Waals surface area contributed by atoms with E-state index in [2.05, 4.69) is 25.6 Å². The van der Waals surface area contributed by atoms with Crippen molar-refractivity contribution in [2.75, 3.05) is 38.6 Å². The van der Waals surface area contributed by atoms with Gasteiger partial charge in [0.2, 0.25) is 0 Å². The van der Waals surface area contributed by atoms with Crippen molar-refractivity contribution < 1.29 is 35.8 Å². The Labute approximate surface area is 205 Å². The molecular weight excluding hydrogens is 541 g/mol. The number of methoxy groups -OCH3 is 2. The Hall–Kier alpha value is -2.18. The molecule has 0 unspecified atom stereocenters. The number of nitrogens with zero attached hydrogens (tertiary/aromatic N) is 1. The van der Waals surface area contributed by atoms with Gasteiger partial charge in [-0.25, -0.2) is 8.42 Å². The highest BCUT2D eigenvalue weighted by molar-refractivity contribution is 9.10. The summed E-state index contributed by atoms with van der Waals surface area (Å²) in [6, 6.07) is 5.62. The van der Waals surface area contributed by atoms with Crippen LogP contribution in [0.4, 0.5) is 18.9 Å². The van der Waals surface area contributed by atoms with Crippen molar-refractivity contribution >= 4 is 31.6 Å². The fraction of sp³-hybridized carbons (Fsp3) is 0.455. The van der Waals surface area contributed by atoms with E-state index >= 15 is 0 Å². The number of anilines is 1. The second-order valence-corrected chi connectivity index (χ2v) is 10.3. The highest BCUT2D eigenvalue weighted by Gasteiger charge is 2.36. The van der Waals surface area contributed by atoms with Crippen LogP contribution in [0.5, 0.6) is 17.2 Å². The van der Waals surface area contributed by atoms with Crippen LogP contribution >= 0.6 is 15.9 Å². The summed E-state index contributed by atoms with van der Waals surface area (Å²) in [6.07, 6.45) is -3.55. The Kier molecular flexibility index (Phi) is 8.25. The Morgan fingerprint density at radius 1 is 1.12 bits per heavy atom. The van der Waals surface area contributed by atoms with Crippen LogP contribution in [0.2, 0.25) is 0 Å². The minimum Gasteiger partial charge on any atom is -0.493 e. The fourth-order valence-electron chi connectivity index (χ4n) is 3.76. The summed E-state index contributed by atoms with van der Waals surface area (Å²) in [7, 11) is -1.42. The van der Waals surface area contributed by atoms with Gasteiger partial charge in [0, 0.05) is 29.7 Å². The molecule has 2 aromatic carbocycles. The number of benzene rings is 2. The summed E-state index contributed by atoms with van der Waals surface area (Å²) < 4.78 is 85.4. The van der Waals surface area contributed by atoms with Crippen LogP contribution in [0.3, 0.4) is 0 Å². The van der Waals surface area contributed by atoms with Gasteiger partial charge in [-0.1, -0.05) is 6.92 Å². The number of hydrogen-bond acceptors (Lipinski definition) is 6. The average Bonchev–Trinajstić information content (AvgIpc) is 3.19. The predicted octanol–water partition coefficient (Wildman–Crippen LogP) is 5.15. The summed E-state index contributed by atoms with van der Waals surface area (Å²) in [5.74, 6) is 0.0787. The number of nitrogens with one attached hydrogen (secondary N) is 1. The molecule has 0 amide bonds. The lowest BCUT2D eigenvalue weighted by molar-refractivity contribution is -0.139. The van der Waals surface area contributed by atoms with Gasteiger partial charge in [0.15, 0.2) is 11.5 Å². The highest BCUT2D eigenvalue weighted by atomic mass is 79.9. The van der Waals surface area contributed by atoms with E-state index in [1.165, 1.54) is 26.4 Å². The molecule has 1 atom stereocenters. The quantitative estimate of drug-likeness (QED) is 0.452. The molecule has 0 bridgehead atoms. The van der Waals surface area contributed by atoms with Crippen LogP contribution in [0.1, 0.15) is 25.3 Å². The summed E-state index contributed by atoms with van der Waals surface area (Å²) in [5.41, 5.74) is -1.02. The lowest BCUT2D eigenvalue weighted by Gasteiger charge is -2.20. The van der Waals surface area contributed by atoms with Crippen molar-refractivity contribution in [3.63, 3.8) is 0 Å². The molecule has 0 aromatic heterocycles. The number of ether oxygens (including phenoxy) is 3. The van der Waals surface area contributed by atoms with Crippen molar-refractivity contribution in [1.29, 1.82) is 0 Å². The Morgan fingerprint density at radius 3 is 2.41 bits per heavy atom. The first kappa shape index (κ1) is 26.4. The smallest absolute Gasteiger partial charge is 0.419 e. The molecule has 1 N–H and O–H groups in total. The first-order valence-electron chi connectivity index (χ1n) is 10.5. The van der Waals surface area contributed by atoms with Gasteiger partial charge in [-0.05, 0) is 53.5 Å². The third-order valence-electron chi connectivity index (χ3n) is 5.33. The summed E-state index contributed by atoms with van der Waals surface area (Å²) >= 11 is 3.20. The lowest BCUT2D eigenvalue weighted by Crippen LogP contribution is -2.26. The number of hydrogen-bond donors (Lipinski definition) is 1. The van der Waals surface area contributed by atoms with Gasteiger partial charge in [-0.2, -0.15) is 13.2 Å². The zero-order chi connectivity index (χ0) is 25.1. The monoisotopic (exact) mass is 566 g/mol. The van der Waals surface area contributed by atoms with Gasteiger partial charge in [0.25, 0.3) is 10.0 Å². The molecule has 34 heavy (non-hydrogen) atoms. The molecule has 7 nitrogen and oxygen atoms in total. The Balaban J connectivity index is 1.91. The zero-order valence-electron chi connectivity index (χ0n) is 18.9. The van der Waals surface area contributed by atoms with E-state index in [1.54, 1.807) is 0 Å². The van der Waals surface area contributed by atoms with E-state index in [9.17, 15) is 21.6 Å². The van der Waals surface area contributed by atoms with Crippen molar-refractivity contribution in [1.82, 2.24) is 4.90 Å². The summed E-state index contributed by atoms with van der Waals surface area (Å²) in [5, 5.41) is 0. The van der Waals surface area contributed by atoms with Crippen molar-refractivity contribution in [2.45, 2.75) is 36.9 Å². The number of rotatable bonds is 9. The van der Waals surface area contributed by atoms with Gasteiger partial charge >= 0.3 is 6.18 Å². The normalized spacial score (nSPS) is 17.0. The van der Waals surface area contributed by atoms with Crippen molar-refractivity contribution in [3.05, 3.63) is 40.4 Å². The maximum absolute atomic E-state index is 13.6. The zero-order valence-corrected chi connectivity index (χ0v) is 21.3. The van der Waals surface area contributed by atoms with Crippen molar-refractivity contribution in [2.24, 2.45) is 0 Å². The van der Waals surface area contributed by atoms with Gasteiger partial charge in [0.05, 0.1) is 25.5 Å². The molecule has 0 saturated carbocycles. The Bertz CT molecular complexity index is 1130. The van der Waals surface area contributed by atoms with Crippen LogP contribution in [0, 0.1) is 0 Å². The third kappa shape index (κ3) is 6.08. The fourth-order valence-corrected chi connectivity index (χ4v) is 5.85. The molecule has 0 aliphatic carbocycles. The maximum atomic E-state index is 13.6. The molecule has 188 valence electrons. The van der Waals surface area contributed by atoms with E-state index in [4.69, 9.17) is 14.2 Å². The molecule has 1 saturated heterocycles. The standard InChI is InChI=1S/C22H26BrF3N2O5S/c1-4-8-28-9-7-15(13-28)33-18-10-14(5-6-16(18)22(24,25)26)27-34(29,30)21-12-20(32-3)19(31-2)11-17(21)23/h5-6,10-12,15,27H,4,7-9,13H2,1-3H3/t15-/m1/s1. The molecule has 0 radical (unpaired) electrons. The topological polar surface area (TPSA) is 77.1 Å². The maximum Gasteiger partial charge on any atom is 0.419 e. The molecule has 1 aliphatic rings. The molecule has 12 heteroatoms. The SMILES string of the molecule is CCCN1CC[C@@H](Oc2cc(NS(=O)(=O)c3cc(OC)c(OC)cc3Br)ccc2C(F)(F)F)C1. The van der Waals surface area contributed by atoms with Crippen LogP contribution in [-0.2, 0) is 16.2 Å². The van der Waals surface area contributed by atoms with Gasteiger partial charge in [0.1, 0.15) is 16.7 Å². The molecule has 2 aromatic rings. The second-order valence-electron chi connectivity index (χ2n) is 7.78. The van der Waals surface area contributed by atoms with Gasteiger partial charge in [-0.15, -0.1) is 0 Å². The molecule has 3 rings (SSSR count). The summed E-state index contributed by atoms with van der Waals surface area (Å²) in [6.45, 7) is 4.12. The number of likely N-dealkylation sites (tertiary alicyclic amines) is 1. The predicted molar refractivity (Wildman–Crippen MR) is 125 cm³/mol. The minimum atomic E-state index is -4.65. The van der Waals surface area contributed by atoms with E-state index in [0.717, 1.165) is 37.7 Å². The van der Waals surface area contributed by atoms with Crippen LogP contribution in [0.25, 0.3) is 0 Å². The minimum absolute atomic E-state index is 0.0619. The van der Waals surface area contributed by atoms with Crippen LogP contribution in [-0.4, -0.2) is 53.3 Å². The number of sulfonamides is 1. The molecule has 0 spiro atoms. The molecule has 1 fully saturated rings. The molecule has 1 aliphatic heterocycles. The van der Waals surface area contributed by atoms with E-state index in [0.29, 0.717) is 18.7 Å². The first-order chi connectivity index (χ1) is 16.0. The highest BCUT2D eigenvalue weighted by Crippen LogP contribution is 2.40. The van der Waals surface area contributed by atoms with E-state index < -0.39 is 33.6 Å². The molecular formula is C22H26BrF3N2O5S. The van der Waals surface area contributed by atoms with E-state index in [-0.39, 0.29) is 20.8 Å².